The number of carbonyl (C=O) groups is 1. The number of ether oxygens (including phenoxy) is 1. The molecule has 1 amide bonds. The topological polar surface area (TPSA) is 41.6 Å². The summed E-state index contributed by atoms with van der Waals surface area (Å²) in [5.74, 6) is 0.535. The lowest BCUT2D eigenvalue weighted by Crippen LogP contribution is -2.38. The number of rotatable bonds is 7. The van der Waals surface area contributed by atoms with E-state index in [1.54, 1.807) is 35.6 Å². The summed E-state index contributed by atoms with van der Waals surface area (Å²) in [5.41, 5.74) is 1.28. The number of nitrogens with one attached hydrogen (secondary N) is 1. The summed E-state index contributed by atoms with van der Waals surface area (Å²) in [4.78, 5) is 14.5. The number of carbonyl (C=O) groups excluding carboxylic acids is 1. The van der Waals surface area contributed by atoms with Gasteiger partial charge in [-0.3, -0.25) is 9.69 Å². The van der Waals surface area contributed by atoms with Gasteiger partial charge in [0.2, 0.25) is 0 Å². The quantitative estimate of drug-likeness (QED) is 0.813. The third kappa shape index (κ3) is 4.72. The molecule has 0 radical (unpaired) electrons. The molecular weight excluding hydrogens is 344 g/mol. The fraction of sp³-hybridized carbons (Fsp3) is 0.389. The molecule has 2 heterocycles. The molecule has 2 aromatic rings. The van der Waals surface area contributed by atoms with Crippen molar-refractivity contribution in [3.8, 4) is 5.75 Å². The summed E-state index contributed by atoms with van der Waals surface area (Å²) in [6.45, 7) is 2.81. The first kappa shape index (κ1) is 17.3. The Morgan fingerprint density at radius 2 is 2.00 bits per heavy atom. The first-order valence-corrected chi connectivity index (χ1v) is 9.45. The van der Waals surface area contributed by atoms with E-state index in [4.69, 9.17) is 16.3 Å². The van der Waals surface area contributed by atoms with Gasteiger partial charge in [-0.15, -0.1) is 0 Å². The van der Waals surface area contributed by atoms with Gasteiger partial charge in [0.1, 0.15) is 5.75 Å². The van der Waals surface area contributed by atoms with Crippen LogP contribution in [0.1, 0.15) is 24.4 Å². The number of amides is 1. The summed E-state index contributed by atoms with van der Waals surface area (Å²) in [5, 5.41) is 7.90. The van der Waals surface area contributed by atoms with Crippen molar-refractivity contribution in [2.45, 2.75) is 18.9 Å². The monoisotopic (exact) mass is 364 g/mol. The van der Waals surface area contributed by atoms with Crippen molar-refractivity contribution in [3.05, 3.63) is 51.7 Å². The Labute approximate surface area is 151 Å². The Morgan fingerprint density at radius 3 is 2.67 bits per heavy atom. The molecule has 1 aromatic heterocycles. The van der Waals surface area contributed by atoms with Crippen LogP contribution in [-0.4, -0.2) is 37.0 Å². The second kappa shape index (κ2) is 8.51. The minimum absolute atomic E-state index is 0.0119. The highest BCUT2D eigenvalue weighted by molar-refractivity contribution is 7.07. The summed E-state index contributed by atoms with van der Waals surface area (Å²) in [6.07, 6.45) is 2.46. The van der Waals surface area contributed by atoms with Crippen molar-refractivity contribution in [2.24, 2.45) is 0 Å². The van der Waals surface area contributed by atoms with Gasteiger partial charge in [-0.2, -0.15) is 11.3 Å². The Hall–Kier alpha value is -1.56. The molecule has 1 saturated heterocycles. The van der Waals surface area contributed by atoms with Crippen LogP contribution >= 0.6 is 22.9 Å². The predicted molar refractivity (Wildman–Crippen MR) is 97.8 cm³/mol. The highest BCUT2D eigenvalue weighted by atomic mass is 35.5. The van der Waals surface area contributed by atoms with Crippen molar-refractivity contribution >= 4 is 28.8 Å². The van der Waals surface area contributed by atoms with Crippen LogP contribution in [-0.2, 0) is 4.79 Å². The van der Waals surface area contributed by atoms with Crippen molar-refractivity contribution in [2.75, 3.05) is 26.2 Å². The molecule has 1 fully saturated rings. The maximum absolute atomic E-state index is 12.1. The fourth-order valence-corrected chi connectivity index (χ4v) is 3.75. The molecule has 6 heteroatoms. The maximum atomic E-state index is 12.1. The van der Waals surface area contributed by atoms with E-state index in [9.17, 15) is 4.79 Å². The van der Waals surface area contributed by atoms with Gasteiger partial charge in [0, 0.05) is 11.6 Å². The first-order chi connectivity index (χ1) is 11.7. The molecule has 0 unspecified atom stereocenters. The number of hydrogen-bond acceptors (Lipinski definition) is 4. The largest absolute Gasteiger partial charge is 0.484 e. The fourth-order valence-electron chi connectivity index (χ4n) is 2.92. The van der Waals surface area contributed by atoms with E-state index in [0.717, 1.165) is 13.1 Å². The zero-order chi connectivity index (χ0) is 16.8. The Morgan fingerprint density at radius 1 is 1.25 bits per heavy atom. The summed E-state index contributed by atoms with van der Waals surface area (Å²) < 4.78 is 5.49. The molecule has 1 aliphatic rings. The van der Waals surface area contributed by atoms with E-state index in [-0.39, 0.29) is 18.6 Å². The van der Waals surface area contributed by atoms with Crippen LogP contribution < -0.4 is 10.1 Å². The highest BCUT2D eigenvalue weighted by Crippen LogP contribution is 2.26. The number of halogens is 1. The maximum Gasteiger partial charge on any atom is 0.258 e. The Bertz CT molecular complexity index is 640. The van der Waals surface area contributed by atoms with Crippen LogP contribution in [0.2, 0.25) is 5.02 Å². The molecule has 1 N–H and O–H groups in total. The van der Waals surface area contributed by atoms with Crippen LogP contribution in [0.4, 0.5) is 0 Å². The van der Waals surface area contributed by atoms with E-state index in [0.29, 0.717) is 17.3 Å². The second-order valence-electron chi connectivity index (χ2n) is 5.86. The second-order valence-corrected chi connectivity index (χ2v) is 7.08. The van der Waals surface area contributed by atoms with Gasteiger partial charge >= 0.3 is 0 Å². The number of likely N-dealkylation sites (tertiary alicyclic amines) is 1. The van der Waals surface area contributed by atoms with Crippen LogP contribution in [0.5, 0.6) is 5.75 Å². The third-order valence-corrected chi connectivity index (χ3v) is 5.14. The SMILES string of the molecule is O=C(COc1ccc(Cl)cc1)NC[C@@H](c1ccsc1)N1CCCC1. The Balaban J connectivity index is 1.50. The van der Waals surface area contributed by atoms with Gasteiger partial charge in [0.05, 0.1) is 6.04 Å². The molecule has 1 aliphatic heterocycles. The molecule has 0 bridgehead atoms. The van der Waals surface area contributed by atoms with Crippen molar-refractivity contribution in [3.63, 3.8) is 0 Å². The molecule has 1 atom stereocenters. The molecule has 0 spiro atoms. The van der Waals surface area contributed by atoms with E-state index in [2.05, 4.69) is 27.0 Å². The lowest BCUT2D eigenvalue weighted by molar-refractivity contribution is -0.123. The number of benzene rings is 1. The number of nitrogens with zero attached hydrogens (tertiary/aromatic N) is 1. The number of thiophene rings is 1. The predicted octanol–water partition coefficient (Wildman–Crippen LogP) is 3.73. The van der Waals surface area contributed by atoms with Crippen LogP contribution in [0.15, 0.2) is 41.1 Å². The zero-order valence-corrected chi connectivity index (χ0v) is 15.0. The molecule has 4 nitrogen and oxygen atoms in total. The lowest BCUT2D eigenvalue weighted by atomic mass is 10.1. The molecule has 0 saturated carbocycles. The molecule has 24 heavy (non-hydrogen) atoms. The van der Waals surface area contributed by atoms with Gasteiger partial charge < -0.3 is 10.1 Å². The van der Waals surface area contributed by atoms with Crippen molar-refractivity contribution in [1.82, 2.24) is 10.2 Å². The molecular formula is C18H21ClN2O2S. The minimum Gasteiger partial charge on any atom is -0.484 e. The van der Waals surface area contributed by atoms with Gasteiger partial charge in [-0.1, -0.05) is 11.6 Å². The standard InChI is InChI=1S/C18H21ClN2O2S/c19-15-3-5-16(6-4-15)23-12-18(22)20-11-17(14-7-10-24-13-14)21-8-1-2-9-21/h3-7,10,13,17H,1-2,8-9,11-12H2,(H,20,22)/t17-/m0/s1. The van der Waals surface area contributed by atoms with Crippen molar-refractivity contribution in [1.29, 1.82) is 0 Å². The average molecular weight is 365 g/mol. The van der Waals surface area contributed by atoms with E-state index >= 15 is 0 Å². The third-order valence-electron chi connectivity index (χ3n) is 4.19. The summed E-state index contributed by atoms with van der Waals surface area (Å²) in [7, 11) is 0. The highest BCUT2D eigenvalue weighted by Gasteiger charge is 2.24. The molecule has 0 aliphatic carbocycles. The lowest BCUT2D eigenvalue weighted by Gasteiger charge is -2.27. The molecule has 1 aromatic carbocycles. The Kier molecular flexibility index (Phi) is 6.12. The first-order valence-electron chi connectivity index (χ1n) is 8.13. The zero-order valence-electron chi connectivity index (χ0n) is 13.4. The van der Waals surface area contributed by atoms with Crippen LogP contribution in [0.3, 0.4) is 0 Å². The summed E-state index contributed by atoms with van der Waals surface area (Å²) >= 11 is 7.53. The van der Waals surface area contributed by atoms with Gasteiger partial charge in [0.25, 0.3) is 5.91 Å². The minimum atomic E-state index is -0.107. The normalized spacial score (nSPS) is 16.0. The molecule has 3 rings (SSSR count). The van der Waals surface area contributed by atoms with E-state index < -0.39 is 0 Å². The number of hydrogen-bond donors (Lipinski definition) is 1. The van der Waals surface area contributed by atoms with E-state index in [1.165, 1.54) is 18.4 Å². The van der Waals surface area contributed by atoms with Crippen LogP contribution in [0, 0.1) is 0 Å². The van der Waals surface area contributed by atoms with Gasteiger partial charge in [-0.25, -0.2) is 0 Å². The van der Waals surface area contributed by atoms with E-state index in [1.807, 2.05) is 0 Å². The summed E-state index contributed by atoms with van der Waals surface area (Å²) in [6, 6.07) is 9.40. The van der Waals surface area contributed by atoms with Crippen LogP contribution in [0.25, 0.3) is 0 Å². The molecule has 128 valence electrons. The van der Waals surface area contributed by atoms with Crippen molar-refractivity contribution < 1.29 is 9.53 Å². The smallest absolute Gasteiger partial charge is 0.258 e. The van der Waals surface area contributed by atoms with Gasteiger partial charge in [-0.05, 0) is 72.6 Å². The van der Waals surface area contributed by atoms with Gasteiger partial charge in [0.15, 0.2) is 6.61 Å². The average Bonchev–Trinajstić information content (AvgIpc) is 3.29.